The number of carbonyl (C=O) groups excluding carboxylic acids is 4. The van der Waals surface area contributed by atoms with E-state index < -0.39 is 23.9 Å². The van der Waals surface area contributed by atoms with E-state index in [1.54, 1.807) is 48.5 Å². The molecular weight excluding hydrogens is 432 g/mol. The second kappa shape index (κ2) is 13.0. The lowest BCUT2D eigenvalue weighted by molar-refractivity contribution is -0.123. The first kappa shape index (κ1) is 24.8. The summed E-state index contributed by atoms with van der Waals surface area (Å²) in [6.45, 7) is 0. The van der Waals surface area contributed by atoms with Gasteiger partial charge in [-0.15, -0.1) is 0 Å². The molecule has 0 aliphatic heterocycles. The van der Waals surface area contributed by atoms with Crippen LogP contribution in [0.2, 0.25) is 0 Å². The van der Waals surface area contributed by atoms with Crippen LogP contribution in [0.4, 0.5) is 21.0 Å². The van der Waals surface area contributed by atoms with Crippen molar-refractivity contribution in [1.29, 1.82) is 0 Å². The molecule has 0 aliphatic carbocycles. The van der Waals surface area contributed by atoms with E-state index in [9.17, 15) is 19.2 Å². The topological polar surface area (TPSA) is 159 Å². The molecule has 2 rings (SSSR count). The third-order valence-corrected chi connectivity index (χ3v) is 4.15. The first-order chi connectivity index (χ1) is 15.9. The molecule has 0 saturated carbocycles. The molecule has 0 fully saturated rings. The first-order valence-electron chi connectivity index (χ1n) is 9.90. The van der Waals surface area contributed by atoms with Crippen molar-refractivity contribution >= 4 is 35.3 Å². The average Bonchev–Trinajstić information content (AvgIpc) is 2.82. The molecule has 2 aromatic rings. The third kappa shape index (κ3) is 8.65. The summed E-state index contributed by atoms with van der Waals surface area (Å²) >= 11 is 0. The zero-order chi connectivity index (χ0) is 24.1. The first-order valence-corrected chi connectivity index (χ1v) is 9.90. The number of ether oxygens (including phenoxy) is 2. The molecular formula is C21H26N6O6. The molecule has 176 valence electrons. The molecule has 12 heteroatoms. The summed E-state index contributed by atoms with van der Waals surface area (Å²) < 4.78 is 10.2. The van der Waals surface area contributed by atoms with Crippen LogP contribution in [0, 0.1) is 0 Å². The van der Waals surface area contributed by atoms with Crippen molar-refractivity contribution in [3.63, 3.8) is 0 Å². The summed E-state index contributed by atoms with van der Waals surface area (Å²) in [4.78, 5) is 47.4. The van der Waals surface area contributed by atoms with Crippen LogP contribution in [-0.4, -0.2) is 38.1 Å². The predicted molar refractivity (Wildman–Crippen MR) is 120 cm³/mol. The SMILES string of the molecule is COc1ccccc1NC(=O)NNC(=O)CCCC(=O)NNC(=O)Nc1ccccc1OC. The van der Waals surface area contributed by atoms with Gasteiger partial charge in [-0.05, 0) is 30.7 Å². The molecule has 0 heterocycles. The Morgan fingerprint density at radius 1 is 0.636 bits per heavy atom. The van der Waals surface area contributed by atoms with E-state index in [1.165, 1.54) is 14.2 Å². The fourth-order valence-electron chi connectivity index (χ4n) is 2.59. The third-order valence-electron chi connectivity index (χ3n) is 4.15. The Balaban J connectivity index is 1.61. The van der Waals surface area contributed by atoms with Gasteiger partial charge in [0, 0.05) is 12.8 Å². The largest absolute Gasteiger partial charge is 0.495 e. The Bertz CT molecular complexity index is 906. The fraction of sp³-hybridized carbons (Fsp3) is 0.238. The molecule has 0 saturated heterocycles. The molecule has 6 amide bonds. The van der Waals surface area contributed by atoms with Gasteiger partial charge in [0.2, 0.25) is 11.8 Å². The van der Waals surface area contributed by atoms with E-state index in [0.717, 1.165) is 0 Å². The number of amides is 6. The van der Waals surface area contributed by atoms with E-state index in [2.05, 4.69) is 32.3 Å². The second-order valence-corrected chi connectivity index (χ2v) is 6.51. The van der Waals surface area contributed by atoms with Gasteiger partial charge in [0.1, 0.15) is 11.5 Å². The van der Waals surface area contributed by atoms with Crippen LogP contribution in [0.1, 0.15) is 19.3 Å². The van der Waals surface area contributed by atoms with Gasteiger partial charge in [-0.2, -0.15) is 0 Å². The smallest absolute Gasteiger partial charge is 0.338 e. The van der Waals surface area contributed by atoms with Crippen LogP contribution in [-0.2, 0) is 9.59 Å². The maximum atomic E-state index is 11.9. The molecule has 0 spiro atoms. The van der Waals surface area contributed by atoms with Gasteiger partial charge in [0.05, 0.1) is 25.6 Å². The molecule has 0 bridgehead atoms. The second-order valence-electron chi connectivity index (χ2n) is 6.51. The number of nitrogens with one attached hydrogen (secondary N) is 6. The highest BCUT2D eigenvalue weighted by Gasteiger charge is 2.10. The van der Waals surface area contributed by atoms with E-state index >= 15 is 0 Å². The van der Waals surface area contributed by atoms with Gasteiger partial charge in [-0.25, -0.2) is 20.4 Å². The summed E-state index contributed by atoms with van der Waals surface area (Å²) in [5, 5.41) is 5.07. The van der Waals surface area contributed by atoms with Crippen molar-refractivity contribution in [3.8, 4) is 11.5 Å². The number of hydrazine groups is 2. The predicted octanol–water partition coefficient (Wildman–Crippen LogP) is 1.88. The number of urea groups is 2. The summed E-state index contributed by atoms with van der Waals surface area (Å²) in [5.41, 5.74) is 9.77. The van der Waals surface area contributed by atoms with Gasteiger partial charge in [-0.1, -0.05) is 24.3 Å². The van der Waals surface area contributed by atoms with Crippen molar-refractivity contribution in [2.24, 2.45) is 0 Å². The molecule has 0 aromatic heterocycles. The van der Waals surface area contributed by atoms with E-state index in [-0.39, 0.29) is 19.3 Å². The Hall–Kier alpha value is -4.48. The van der Waals surface area contributed by atoms with Crippen molar-refractivity contribution in [3.05, 3.63) is 48.5 Å². The van der Waals surface area contributed by atoms with Gasteiger partial charge >= 0.3 is 12.1 Å². The quantitative estimate of drug-likeness (QED) is 0.331. The number of para-hydroxylation sites is 4. The van der Waals surface area contributed by atoms with Crippen LogP contribution in [0.3, 0.4) is 0 Å². The van der Waals surface area contributed by atoms with Crippen LogP contribution in [0.5, 0.6) is 11.5 Å². The molecule has 12 nitrogen and oxygen atoms in total. The van der Waals surface area contributed by atoms with Gasteiger partial charge < -0.3 is 20.1 Å². The number of benzene rings is 2. The standard InChI is InChI=1S/C21H26N6O6/c1-32-16-10-5-3-8-14(16)22-20(30)26-24-18(28)12-7-13-19(29)25-27-21(31)23-15-9-4-6-11-17(15)33-2/h3-6,8-11H,7,12-13H2,1-2H3,(H,24,28)(H,25,29)(H2,22,26,30)(H2,23,27,31). The van der Waals surface area contributed by atoms with Crippen LogP contribution >= 0.6 is 0 Å². The number of hydrogen-bond donors (Lipinski definition) is 6. The molecule has 0 unspecified atom stereocenters. The monoisotopic (exact) mass is 458 g/mol. The maximum Gasteiger partial charge on any atom is 0.338 e. The van der Waals surface area contributed by atoms with Crippen molar-refractivity contribution in [2.75, 3.05) is 24.9 Å². The summed E-state index contributed by atoms with van der Waals surface area (Å²) in [5.74, 6) is -0.0370. The molecule has 6 N–H and O–H groups in total. The van der Waals surface area contributed by atoms with Crippen LogP contribution in [0.15, 0.2) is 48.5 Å². The lowest BCUT2D eigenvalue weighted by Gasteiger charge is -2.12. The number of carbonyl (C=O) groups is 4. The van der Waals surface area contributed by atoms with Crippen molar-refractivity contribution in [2.45, 2.75) is 19.3 Å². The summed E-state index contributed by atoms with van der Waals surface area (Å²) in [6.07, 6.45) is 0.162. The lowest BCUT2D eigenvalue weighted by Crippen LogP contribution is -2.44. The number of hydrogen-bond acceptors (Lipinski definition) is 6. The van der Waals surface area contributed by atoms with Gasteiger partial charge in [-0.3, -0.25) is 20.4 Å². The summed E-state index contributed by atoms with van der Waals surface area (Å²) in [6, 6.07) is 12.3. The van der Waals surface area contributed by atoms with Gasteiger partial charge in [0.25, 0.3) is 0 Å². The molecule has 0 aliphatic rings. The number of methoxy groups -OCH3 is 2. The van der Waals surface area contributed by atoms with E-state index in [1.807, 2.05) is 0 Å². The van der Waals surface area contributed by atoms with Crippen LogP contribution < -0.4 is 41.8 Å². The molecule has 33 heavy (non-hydrogen) atoms. The van der Waals surface area contributed by atoms with E-state index in [0.29, 0.717) is 22.9 Å². The van der Waals surface area contributed by atoms with Crippen molar-refractivity contribution < 1.29 is 28.7 Å². The molecule has 0 radical (unpaired) electrons. The normalized spacial score (nSPS) is 9.76. The lowest BCUT2D eigenvalue weighted by atomic mass is 10.2. The van der Waals surface area contributed by atoms with Gasteiger partial charge in [0.15, 0.2) is 0 Å². The average molecular weight is 458 g/mol. The van der Waals surface area contributed by atoms with E-state index in [4.69, 9.17) is 9.47 Å². The maximum absolute atomic E-state index is 11.9. The van der Waals surface area contributed by atoms with Crippen LogP contribution in [0.25, 0.3) is 0 Å². The number of anilines is 2. The number of rotatable bonds is 8. The zero-order valence-corrected chi connectivity index (χ0v) is 18.2. The minimum Gasteiger partial charge on any atom is -0.495 e. The molecule has 2 aromatic carbocycles. The fourth-order valence-corrected chi connectivity index (χ4v) is 2.59. The highest BCUT2D eigenvalue weighted by molar-refractivity contribution is 5.93. The Kier molecular flexibility index (Phi) is 9.80. The zero-order valence-electron chi connectivity index (χ0n) is 18.2. The van der Waals surface area contributed by atoms with Crippen molar-refractivity contribution in [1.82, 2.24) is 21.7 Å². The minimum atomic E-state index is -0.657. The summed E-state index contributed by atoms with van der Waals surface area (Å²) in [7, 11) is 2.94. The Morgan fingerprint density at radius 2 is 1.03 bits per heavy atom. The highest BCUT2D eigenvalue weighted by atomic mass is 16.5. The Labute approximate surface area is 190 Å². The minimum absolute atomic E-state index is 0.0181. The highest BCUT2D eigenvalue weighted by Crippen LogP contribution is 2.23. The Morgan fingerprint density at radius 3 is 1.42 bits per heavy atom. The molecule has 0 atom stereocenters.